The smallest absolute Gasteiger partial charge is 0.0601 e. The van der Waals surface area contributed by atoms with Crippen molar-refractivity contribution < 1.29 is 4.74 Å². The fraction of sp³-hybridized carbons (Fsp3) is 1.00. The Balaban J connectivity index is 2.27. The summed E-state index contributed by atoms with van der Waals surface area (Å²) in [6.07, 6.45) is 2.53. The van der Waals surface area contributed by atoms with Crippen molar-refractivity contribution in [3.8, 4) is 0 Å². The Morgan fingerprint density at radius 3 is 3.09 bits per heavy atom. The Kier molecular flexibility index (Phi) is 4.71. The summed E-state index contributed by atoms with van der Waals surface area (Å²) in [5.74, 6) is 0.827. The standard InChI is InChI=1S/C8H16INO/c1-8-3-2-5-11-6-4-10(9)7-8/h8H,2-7H2,1H3. The molecule has 0 saturated carbocycles. The highest BCUT2D eigenvalue weighted by Crippen LogP contribution is 2.12. The minimum Gasteiger partial charge on any atom is -0.380 e. The van der Waals surface area contributed by atoms with E-state index in [-0.39, 0.29) is 0 Å². The van der Waals surface area contributed by atoms with Gasteiger partial charge in [0.15, 0.2) is 0 Å². The molecule has 1 unspecified atom stereocenters. The van der Waals surface area contributed by atoms with Gasteiger partial charge in [-0.05, 0) is 18.8 Å². The lowest BCUT2D eigenvalue weighted by atomic mass is 10.1. The molecule has 0 aromatic rings. The van der Waals surface area contributed by atoms with Crippen molar-refractivity contribution in [1.29, 1.82) is 0 Å². The van der Waals surface area contributed by atoms with E-state index < -0.39 is 0 Å². The molecule has 0 radical (unpaired) electrons. The summed E-state index contributed by atoms with van der Waals surface area (Å²) in [7, 11) is 0. The Morgan fingerprint density at radius 1 is 1.45 bits per heavy atom. The van der Waals surface area contributed by atoms with Crippen LogP contribution in [0.25, 0.3) is 0 Å². The van der Waals surface area contributed by atoms with E-state index in [2.05, 4.69) is 32.9 Å². The largest absolute Gasteiger partial charge is 0.380 e. The third kappa shape index (κ3) is 4.28. The van der Waals surface area contributed by atoms with Gasteiger partial charge in [-0.1, -0.05) is 6.92 Å². The van der Waals surface area contributed by atoms with Gasteiger partial charge in [0.2, 0.25) is 0 Å². The van der Waals surface area contributed by atoms with Gasteiger partial charge in [-0.2, -0.15) is 0 Å². The first-order valence-corrected chi connectivity index (χ1v) is 5.24. The van der Waals surface area contributed by atoms with E-state index in [0.717, 1.165) is 25.7 Å². The lowest BCUT2D eigenvalue weighted by molar-refractivity contribution is 0.130. The Labute approximate surface area is 82.8 Å². The van der Waals surface area contributed by atoms with Crippen molar-refractivity contribution in [1.82, 2.24) is 3.11 Å². The van der Waals surface area contributed by atoms with Crippen molar-refractivity contribution in [2.75, 3.05) is 26.3 Å². The van der Waals surface area contributed by atoms with Crippen molar-refractivity contribution in [3.05, 3.63) is 0 Å². The maximum atomic E-state index is 5.43. The van der Waals surface area contributed by atoms with E-state index in [1.165, 1.54) is 19.4 Å². The van der Waals surface area contributed by atoms with Crippen LogP contribution >= 0.6 is 22.9 Å². The van der Waals surface area contributed by atoms with Crippen LogP contribution in [0.1, 0.15) is 19.8 Å². The molecule has 1 aliphatic rings. The average molecular weight is 269 g/mol. The molecule has 0 aromatic heterocycles. The SMILES string of the molecule is CC1CCCOCCN(I)C1. The highest BCUT2D eigenvalue weighted by molar-refractivity contribution is 14.1. The number of rotatable bonds is 0. The van der Waals surface area contributed by atoms with Crippen LogP contribution in [0.5, 0.6) is 0 Å². The predicted molar refractivity (Wildman–Crippen MR) is 54.8 cm³/mol. The van der Waals surface area contributed by atoms with E-state index in [9.17, 15) is 0 Å². The van der Waals surface area contributed by atoms with Crippen LogP contribution in [-0.4, -0.2) is 29.4 Å². The molecule has 11 heavy (non-hydrogen) atoms. The van der Waals surface area contributed by atoms with E-state index >= 15 is 0 Å². The number of nitrogens with zero attached hydrogens (tertiary/aromatic N) is 1. The summed E-state index contributed by atoms with van der Waals surface area (Å²) in [6, 6.07) is 0. The first-order chi connectivity index (χ1) is 5.29. The molecular formula is C8H16INO. The summed E-state index contributed by atoms with van der Waals surface area (Å²) in [6.45, 7) is 6.45. The summed E-state index contributed by atoms with van der Waals surface area (Å²) in [5.41, 5.74) is 0. The summed E-state index contributed by atoms with van der Waals surface area (Å²) >= 11 is 2.38. The number of hydrogen-bond acceptors (Lipinski definition) is 2. The molecule has 1 saturated heterocycles. The van der Waals surface area contributed by atoms with Crippen LogP contribution in [0.15, 0.2) is 0 Å². The van der Waals surface area contributed by atoms with E-state index in [4.69, 9.17) is 4.74 Å². The molecule has 1 heterocycles. The highest BCUT2D eigenvalue weighted by Gasteiger charge is 2.09. The van der Waals surface area contributed by atoms with E-state index in [1.807, 2.05) is 0 Å². The maximum Gasteiger partial charge on any atom is 0.0601 e. The zero-order valence-electron chi connectivity index (χ0n) is 7.05. The quantitative estimate of drug-likeness (QED) is 0.493. The van der Waals surface area contributed by atoms with Crippen molar-refractivity contribution in [2.24, 2.45) is 5.92 Å². The Hall–Kier alpha value is 0.650. The molecule has 0 aromatic carbocycles. The first-order valence-electron chi connectivity index (χ1n) is 4.27. The van der Waals surface area contributed by atoms with Gasteiger partial charge in [-0.25, -0.2) is 3.11 Å². The van der Waals surface area contributed by atoms with Crippen molar-refractivity contribution in [3.63, 3.8) is 0 Å². The lowest BCUT2D eigenvalue weighted by Gasteiger charge is -2.16. The minimum atomic E-state index is 0.827. The number of ether oxygens (including phenoxy) is 1. The van der Waals surface area contributed by atoms with Crippen molar-refractivity contribution >= 4 is 22.9 Å². The average Bonchev–Trinajstić information content (AvgIpc) is 2.02. The van der Waals surface area contributed by atoms with Crippen LogP contribution in [0.2, 0.25) is 0 Å². The molecule has 0 aliphatic carbocycles. The van der Waals surface area contributed by atoms with E-state index in [0.29, 0.717) is 0 Å². The molecule has 1 aliphatic heterocycles. The van der Waals surface area contributed by atoms with Crippen LogP contribution in [0.3, 0.4) is 0 Å². The Morgan fingerprint density at radius 2 is 2.27 bits per heavy atom. The highest BCUT2D eigenvalue weighted by atomic mass is 127. The second-order valence-electron chi connectivity index (χ2n) is 3.23. The fourth-order valence-electron chi connectivity index (χ4n) is 1.32. The second kappa shape index (κ2) is 5.32. The number of halogens is 1. The third-order valence-electron chi connectivity index (χ3n) is 1.97. The van der Waals surface area contributed by atoms with Crippen LogP contribution in [0.4, 0.5) is 0 Å². The Bertz CT molecular complexity index is 98.3. The normalized spacial score (nSPS) is 30.5. The van der Waals surface area contributed by atoms with Crippen LogP contribution < -0.4 is 0 Å². The molecule has 0 bridgehead atoms. The third-order valence-corrected chi connectivity index (χ3v) is 2.85. The summed E-state index contributed by atoms with van der Waals surface area (Å²) < 4.78 is 7.75. The first kappa shape index (κ1) is 9.74. The monoisotopic (exact) mass is 269 g/mol. The fourth-order valence-corrected chi connectivity index (χ4v) is 2.19. The van der Waals surface area contributed by atoms with Crippen LogP contribution in [-0.2, 0) is 4.74 Å². The summed E-state index contributed by atoms with van der Waals surface area (Å²) in [5, 5.41) is 0. The van der Waals surface area contributed by atoms with Crippen LogP contribution in [0, 0.1) is 5.92 Å². The molecular weight excluding hydrogens is 253 g/mol. The topological polar surface area (TPSA) is 12.5 Å². The zero-order chi connectivity index (χ0) is 8.10. The molecule has 3 heteroatoms. The van der Waals surface area contributed by atoms with Gasteiger partial charge in [0.25, 0.3) is 0 Å². The summed E-state index contributed by atoms with van der Waals surface area (Å²) in [4.78, 5) is 0. The maximum absolute atomic E-state index is 5.43. The lowest BCUT2D eigenvalue weighted by Crippen LogP contribution is -2.21. The van der Waals surface area contributed by atoms with Gasteiger partial charge in [0.1, 0.15) is 0 Å². The van der Waals surface area contributed by atoms with Gasteiger partial charge in [-0.15, -0.1) is 0 Å². The van der Waals surface area contributed by atoms with Gasteiger partial charge in [-0.3, -0.25) is 0 Å². The molecule has 0 N–H and O–H groups in total. The van der Waals surface area contributed by atoms with Gasteiger partial charge in [0, 0.05) is 42.6 Å². The molecule has 0 amide bonds. The van der Waals surface area contributed by atoms with Crippen molar-refractivity contribution in [2.45, 2.75) is 19.8 Å². The second-order valence-corrected chi connectivity index (χ2v) is 4.59. The molecule has 2 nitrogen and oxygen atoms in total. The van der Waals surface area contributed by atoms with Gasteiger partial charge < -0.3 is 4.74 Å². The van der Waals surface area contributed by atoms with E-state index in [1.54, 1.807) is 0 Å². The molecule has 66 valence electrons. The molecule has 1 fully saturated rings. The molecule has 0 spiro atoms. The number of hydrogen-bond donors (Lipinski definition) is 0. The minimum absolute atomic E-state index is 0.827. The van der Waals surface area contributed by atoms with Gasteiger partial charge >= 0.3 is 0 Å². The molecule has 1 atom stereocenters. The zero-order valence-corrected chi connectivity index (χ0v) is 9.21. The predicted octanol–water partition coefficient (Wildman–Crippen LogP) is 2.08. The van der Waals surface area contributed by atoms with Gasteiger partial charge in [0.05, 0.1) is 6.61 Å². The molecule has 1 rings (SSSR count).